The molecule has 2 saturated carbocycles. The fourth-order valence-corrected chi connectivity index (χ4v) is 8.98. The fourth-order valence-electron chi connectivity index (χ4n) is 8.17. The molecule has 1 aliphatic heterocycles. The van der Waals surface area contributed by atoms with E-state index in [0.717, 1.165) is 22.9 Å². The second-order valence-corrected chi connectivity index (χ2v) is 12.7. The predicted octanol–water partition coefficient (Wildman–Crippen LogP) is 5.69. The van der Waals surface area contributed by atoms with E-state index >= 15 is 0 Å². The van der Waals surface area contributed by atoms with Crippen molar-refractivity contribution in [3.05, 3.63) is 21.8 Å². The Hall–Kier alpha value is -1.69. The van der Waals surface area contributed by atoms with E-state index in [0.29, 0.717) is 28.8 Å². The molecule has 4 aliphatic rings. The van der Waals surface area contributed by atoms with E-state index in [2.05, 4.69) is 31.1 Å². The van der Waals surface area contributed by atoms with Gasteiger partial charge in [-0.15, -0.1) is 11.3 Å². The zero-order valence-electron chi connectivity index (χ0n) is 20.4. The van der Waals surface area contributed by atoms with Crippen molar-refractivity contribution in [2.24, 2.45) is 34.5 Å². The molecule has 1 N–H and O–H groups in total. The molecule has 32 heavy (non-hydrogen) atoms. The van der Waals surface area contributed by atoms with Crippen LogP contribution in [0.1, 0.15) is 76.3 Å². The number of carbonyl (C=O) groups is 2. The summed E-state index contributed by atoms with van der Waals surface area (Å²) in [6, 6.07) is 0. The van der Waals surface area contributed by atoms with Crippen LogP contribution >= 0.6 is 11.3 Å². The number of nitrogens with one attached hydrogen (secondary N) is 1. The van der Waals surface area contributed by atoms with Crippen molar-refractivity contribution in [3.63, 3.8) is 0 Å². The molecule has 6 heteroatoms. The Kier molecular flexibility index (Phi) is 5.12. The molecule has 0 bridgehead atoms. The van der Waals surface area contributed by atoms with Crippen molar-refractivity contribution in [2.75, 3.05) is 12.4 Å². The van der Waals surface area contributed by atoms with E-state index in [1.807, 2.05) is 25.8 Å². The summed E-state index contributed by atoms with van der Waals surface area (Å²) in [6.07, 6.45) is 8.29. The Labute approximate surface area is 196 Å². The zero-order chi connectivity index (χ0) is 23.0. The van der Waals surface area contributed by atoms with Gasteiger partial charge in [0.15, 0.2) is 5.13 Å². The summed E-state index contributed by atoms with van der Waals surface area (Å²) in [7, 11) is 1.89. The highest BCUT2D eigenvalue weighted by atomic mass is 32.1. The summed E-state index contributed by atoms with van der Waals surface area (Å²) in [5.41, 5.74) is 3.86. The molecular formula is C26H37N3O2S. The number of hydrogen-bond donors (Lipinski definition) is 1. The van der Waals surface area contributed by atoms with Crippen LogP contribution in [0, 0.1) is 48.3 Å². The van der Waals surface area contributed by atoms with Crippen LogP contribution in [0.25, 0.3) is 0 Å². The molecule has 1 unspecified atom stereocenters. The molecule has 0 radical (unpaired) electrons. The van der Waals surface area contributed by atoms with Gasteiger partial charge in [-0.1, -0.05) is 25.8 Å². The van der Waals surface area contributed by atoms with Crippen LogP contribution in [0.3, 0.4) is 0 Å². The van der Waals surface area contributed by atoms with Crippen molar-refractivity contribution < 1.29 is 9.59 Å². The molecule has 5 rings (SSSR count). The number of amides is 2. The Morgan fingerprint density at radius 2 is 1.91 bits per heavy atom. The maximum atomic E-state index is 13.4. The van der Waals surface area contributed by atoms with Crippen LogP contribution < -0.4 is 5.32 Å². The first-order valence-corrected chi connectivity index (χ1v) is 13.1. The Morgan fingerprint density at radius 3 is 2.59 bits per heavy atom. The summed E-state index contributed by atoms with van der Waals surface area (Å²) in [5.74, 6) is 1.09. The van der Waals surface area contributed by atoms with Gasteiger partial charge in [0, 0.05) is 23.0 Å². The first-order valence-electron chi connectivity index (χ1n) is 12.3. The van der Waals surface area contributed by atoms with Crippen molar-refractivity contribution in [3.8, 4) is 0 Å². The van der Waals surface area contributed by atoms with Gasteiger partial charge in [-0.2, -0.15) is 0 Å². The van der Waals surface area contributed by atoms with Gasteiger partial charge in [-0.25, -0.2) is 4.98 Å². The molecule has 2 amide bonds. The van der Waals surface area contributed by atoms with Crippen molar-refractivity contribution in [1.29, 1.82) is 0 Å². The first kappa shape index (κ1) is 22.1. The minimum absolute atomic E-state index is 0.0701. The molecule has 2 heterocycles. The molecule has 0 spiro atoms. The number of fused-ring (bicyclic) bond motifs is 5. The van der Waals surface area contributed by atoms with Crippen molar-refractivity contribution in [2.45, 2.75) is 79.6 Å². The maximum Gasteiger partial charge on any atom is 0.239 e. The number of aryl methyl sites for hydroxylation is 2. The second kappa shape index (κ2) is 7.41. The third-order valence-corrected chi connectivity index (χ3v) is 10.7. The minimum atomic E-state index is -0.651. The van der Waals surface area contributed by atoms with E-state index in [-0.39, 0.29) is 17.2 Å². The topological polar surface area (TPSA) is 62.3 Å². The van der Waals surface area contributed by atoms with Crippen LogP contribution in [0.2, 0.25) is 0 Å². The molecule has 5 nitrogen and oxygen atoms in total. The highest BCUT2D eigenvalue weighted by molar-refractivity contribution is 7.15. The Morgan fingerprint density at radius 1 is 1.16 bits per heavy atom. The number of aromatic nitrogens is 1. The lowest BCUT2D eigenvalue weighted by molar-refractivity contribution is -0.147. The van der Waals surface area contributed by atoms with Crippen LogP contribution in [0.15, 0.2) is 11.3 Å². The lowest BCUT2D eigenvalue weighted by atomic mass is 9.48. The SMILES string of the molecule is CC1=C2N(C)C(=O)C(C(=O)Nc3nc(C)c(C)s3)C[C@]2(C)[C@@H]2CC[C@]3(C)CCC[C@H]3[C@@H]2C1. The smallest absolute Gasteiger partial charge is 0.239 e. The predicted molar refractivity (Wildman–Crippen MR) is 128 cm³/mol. The molecule has 1 aromatic heterocycles. The van der Waals surface area contributed by atoms with Crippen molar-refractivity contribution in [1.82, 2.24) is 9.88 Å². The third-order valence-electron chi connectivity index (χ3n) is 9.69. The number of piperidine rings is 1. The number of hydrogen-bond acceptors (Lipinski definition) is 4. The summed E-state index contributed by atoms with van der Waals surface area (Å²) in [5, 5.41) is 3.57. The lowest BCUT2D eigenvalue weighted by Gasteiger charge is -2.59. The maximum absolute atomic E-state index is 13.4. The molecule has 6 atom stereocenters. The van der Waals surface area contributed by atoms with Gasteiger partial charge in [0.05, 0.1) is 5.69 Å². The average Bonchev–Trinajstić information content (AvgIpc) is 3.26. The van der Waals surface area contributed by atoms with Gasteiger partial charge in [-0.05, 0) is 82.5 Å². The monoisotopic (exact) mass is 455 g/mol. The first-order chi connectivity index (χ1) is 15.0. The Balaban J connectivity index is 1.47. The van der Waals surface area contributed by atoms with E-state index in [1.165, 1.54) is 54.7 Å². The van der Waals surface area contributed by atoms with Gasteiger partial charge < -0.3 is 10.2 Å². The van der Waals surface area contributed by atoms with E-state index in [4.69, 9.17) is 0 Å². The largest absolute Gasteiger partial charge is 0.318 e. The highest BCUT2D eigenvalue weighted by Gasteiger charge is 2.60. The second-order valence-electron chi connectivity index (χ2n) is 11.5. The number of anilines is 1. The summed E-state index contributed by atoms with van der Waals surface area (Å²) >= 11 is 1.48. The molecule has 1 saturated heterocycles. The normalized spacial score (nSPS) is 38.9. The summed E-state index contributed by atoms with van der Waals surface area (Å²) < 4.78 is 0. The molecule has 3 aliphatic carbocycles. The molecule has 3 fully saturated rings. The van der Waals surface area contributed by atoms with Crippen LogP contribution in [0.5, 0.6) is 0 Å². The standard InChI is InChI=1S/C26H37N3O2S/c1-14-12-17-19-8-7-10-25(19,4)11-9-20(17)26(5)13-18(23(31)29(6)21(14)26)22(30)28-24-27-15(2)16(3)32-24/h17-20H,7-13H2,1-6H3,(H,27,28,30)/t17-,18?,19-,20+,25-,26+/m0/s1. The number of carbonyl (C=O) groups excluding carboxylic acids is 2. The molecule has 174 valence electrons. The quantitative estimate of drug-likeness (QED) is 0.583. The van der Waals surface area contributed by atoms with E-state index < -0.39 is 5.92 Å². The number of nitrogens with zero attached hydrogens (tertiary/aromatic N) is 2. The number of thiazole rings is 1. The zero-order valence-corrected chi connectivity index (χ0v) is 21.2. The van der Waals surface area contributed by atoms with E-state index in [1.54, 1.807) is 0 Å². The Bertz CT molecular complexity index is 993. The van der Waals surface area contributed by atoms with Crippen molar-refractivity contribution >= 4 is 28.3 Å². The molecule has 1 aromatic rings. The number of likely N-dealkylation sites (tertiary alicyclic amines) is 1. The van der Waals surface area contributed by atoms with Gasteiger partial charge >= 0.3 is 0 Å². The van der Waals surface area contributed by atoms with Gasteiger partial charge in [0.2, 0.25) is 11.8 Å². The van der Waals surface area contributed by atoms with Gasteiger partial charge in [0.25, 0.3) is 0 Å². The van der Waals surface area contributed by atoms with Gasteiger partial charge in [0.1, 0.15) is 5.92 Å². The van der Waals surface area contributed by atoms with Crippen LogP contribution in [-0.2, 0) is 9.59 Å². The number of rotatable bonds is 2. The van der Waals surface area contributed by atoms with Gasteiger partial charge in [-0.3, -0.25) is 9.59 Å². The fraction of sp³-hybridized carbons (Fsp3) is 0.731. The molecule has 0 aromatic carbocycles. The summed E-state index contributed by atoms with van der Waals surface area (Å²) in [6.45, 7) is 11.1. The lowest BCUT2D eigenvalue weighted by Crippen LogP contribution is -2.57. The third kappa shape index (κ3) is 3.12. The van der Waals surface area contributed by atoms with Crippen LogP contribution in [0.4, 0.5) is 5.13 Å². The highest BCUT2D eigenvalue weighted by Crippen LogP contribution is 2.65. The van der Waals surface area contributed by atoms with Crippen LogP contribution in [-0.4, -0.2) is 28.7 Å². The minimum Gasteiger partial charge on any atom is -0.318 e. The number of allylic oxidation sites excluding steroid dienone is 2. The average molecular weight is 456 g/mol. The van der Waals surface area contributed by atoms with E-state index in [9.17, 15) is 9.59 Å². The molecular weight excluding hydrogens is 418 g/mol. The summed E-state index contributed by atoms with van der Waals surface area (Å²) in [4.78, 5) is 34.1.